The summed E-state index contributed by atoms with van der Waals surface area (Å²) in [7, 11) is 5.63. The minimum atomic E-state index is 0. The second kappa shape index (κ2) is 13.2. The van der Waals surface area contributed by atoms with Crippen molar-refractivity contribution in [3.63, 3.8) is 0 Å². The van der Waals surface area contributed by atoms with E-state index in [4.69, 9.17) is 4.74 Å². The van der Waals surface area contributed by atoms with Crippen molar-refractivity contribution in [2.75, 3.05) is 67.0 Å². The molecule has 160 valence electrons. The van der Waals surface area contributed by atoms with Crippen LogP contribution in [0.15, 0.2) is 29.3 Å². The summed E-state index contributed by atoms with van der Waals surface area (Å²) < 4.78 is 5.46. The molecule has 1 atom stereocenters. The summed E-state index contributed by atoms with van der Waals surface area (Å²) in [5, 5.41) is 3.53. The van der Waals surface area contributed by atoms with E-state index in [-0.39, 0.29) is 24.0 Å². The van der Waals surface area contributed by atoms with E-state index < -0.39 is 0 Å². The summed E-state index contributed by atoms with van der Waals surface area (Å²) >= 11 is 0. The van der Waals surface area contributed by atoms with Gasteiger partial charge in [0, 0.05) is 65.5 Å². The van der Waals surface area contributed by atoms with Gasteiger partial charge in [0.1, 0.15) is 5.75 Å². The Morgan fingerprint density at radius 2 is 1.86 bits per heavy atom. The lowest BCUT2D eigenvalue weighted by Gasteiger charge is -2.35. The number of nitrogens with one attached hydrogen (secondary N) is 1. The highest BCUT2D eigenvalue weighted by atomic mass is 127. The van der Waals surface area contributed by atoms with Crippen molar-refractivity contribution in [1.29, 1.82) is 0 Å². The number of hydrogen-bond donors (Lipinski definition) is 1. The summed E-state index contributed by atoms with van der Waals surface area (Å²) in [4.78, 5) is 11.7. The maximum atomic E-state index is 5.46. The second-order valence-electron chi connectivity index (χ2n) is 7.44. The standard InChI is InChI=1S/C21H37N5O.HI/c1-6-25-11-13-26(14-12-25)16-18(2)15-23-21(22-3)24(4)17-19-9-7-8-10-20(19)27-5;/h7-10,18H,6,11-17H2,1-5H3,(H,22,23);1H. The monoisotopic (exact) mass is 503 g/mol. The van der Waals surface area contributed by atoms with E-state index >= 15 is 0 Å². The Labute approximate surface area is 188 Å². The van der Waals surface area contributed by atoms with Gasteiger partial charge in [-0.1, -0.05) is 32.0 Å². The molecular formula is C21H38IN5O. The van der Waals surface area contributed by atoms with Gasteiger partial charge in [-0.3, -0.25) is 4.99 Å². The van der Waals surface area contributed by atoms with Crippen LogP contribution in [0.2, 0.25) is 0 Å². The number of benzene rings is 1. The number of likely N-dealkylation sites (N-methyl/N-ethyl adjacent to an activating group) is 1. The Balaban J connectivity index is 0.00000392. The molecule has 1 heterocycles. The fourth-order valence-corrected chi connectivity index (χ4v) is 3.61. The minimum absolute atomic E-state index is 0. The minimum Gasteiger partial charge on any atom is -0.496 e. The molecule has 0 bridgehead atoms. The van der Waals surface area contributed by atoms with Gasteiger partial charge in [-0.2, -0.15) is 0 Å². The molecular weight excluding hydrogens is 465 g/mol. The first kappa shape index (κ1) is 25.0. The van der Waals surface area contributed by atoms with Crippen molar-refractivity contribution in [3.8, 4) is 5.75 Å². The van der Waals surface area contributed by atoms with E-state index in [1.54, 1.807) is 7.11 Å². The Kier molecular flexibility index (Phi) is 11.8. The Morgan fingerprint density at radius 1 is 1.21 bits per heavy atom. The number of nitrogens with zero attached hydrogens (tertiary/aromatic N) is 4. The molecule has 2 rings (SSSR count). The fourth-order valence-electron chi connectivity index (χ4n) is 3.61. The molecule has 0 amide bonds. The molecule has 1 aliphatic heterocycles. The molecule has 6 nitrogen and oxygen atoms in total. The first-order chi connectivity index (χ1) is 13.1. The number of hydrogen-bond acceptors (Lipinski definition) is 4. The van der Waals surface area contributed by atoms with Gasteiger partial charge in [0.15, 0.2) is 5.96 Å². The molecule has 1 aromatic carbocycles. The highest BCUT2D eigenvalue weighted by Crippen LogP contribution is 2.18. The van der Waals surface area contributed by atoms with E-state index in [9.17, 15) is 0 Å². The van der Waals surface area contributed by atoms with Crippen LogP contribution < -0.4 is 10.1 Å². The van der Waals surface area contributed by atoms with Crippen LogP contribution in [-0.2, 0) is 6.54 Å². The lowest BCUT2D eigenvalue weighted by molar-refractivity contribution is 0.124. The number of para-hydroxylation sites is 1. The molecule has 28 heavy (non-hydrogen) atoms. The van der Waals surface area contributed by atoms with Crippen LogP contribution in [0.5, 0.6) is 5.75 Å². The summed E-state index contributed by atoms with van der Waals surface area (Å²) in [6, 6.07) is 8.14. The maximum Gasteiger partial charge on any atom is 0.193 e. The highest BCUT2D eigenvalue weighted by Gasteiger charge is 2.18. The summed E-state index contributed by atoms with van der Waals surface area (Å²) in [5.41, 5.74) is 1.16. The predicted molar refractivity (Wildman–Crippen MR) is 129 cm³/mol. The van der Waals surface area contributed by atoms with E-state index in [0.29, 0.717) is 5.92 Å². The van der Waals surface area contributed by atoms with Crippen LogP contribution in [0.3, 0.4) is 0 Å². The Morgan fingerprint density at radius 3 is 2.46 bits per heavy atom. The number of ether oxygens (including phenoxy) is 1. The molecule has 0 radical (unpaired) electrons. The number of rotatable bonds is 8. The van der Waals surface area contributed by atoms with E-state index in [0.717, 1.165) is 36.9 Å². The molecule has 0 saturated carbocycles. The van der Waals surface area contributed by atoms with Gasteiger partial charge in [0.05, 0.1) is 7.11 Å². The number of methoxy groups -OCH3 is 1. The van der Waals surface area contributed by atoms with Crippen LogP contribution in [0.4, 0.5) is 0 Å². The second-order valence-corrected chi connectivity index (χ2v) is 7.44. The Hall–Kier alpha value is -1.06. The number of piperazine rings is 1. The van der Waals surface area contributed by atoms with Crippen molar-refractivity contribution < 1.29 is 4.74 Å². The summed E-state index contributed by atoms with van der Waals surface area (Å²) in [6.07, 6.45) is 0. The fraction of sp³-hybridized carbons (Fsp3) is 0.667. The van der Waals surface area contributed by atoms with Gasteiger partial charge >= 0.3 is 0 Å². The van der Waals surface area contributed by atoms with Crippen molar-refractivity contribution in [1.82, 2.24) is 20.0 Å². The molecule has 1 aromatic rings. The van der Waals surface area contributed by atoms with Crippen molar-refractivity contribution in [2.45, 2.75) is 20.4 Å². The Bertz CT molecular complexity index is 590. The SMILES string of the molecule is CCN1CCN(CC(C)CNC(=NC)N(C)Cc2ccccc2OC)CC1.I. The van der Waals surface area contributed by atoms with Crippen LogP contribution >= 0.6 is 24.0 Å². The average Bonchev–Trinajstić information content (AvgIpc) is 2.69. The molecule has 7 heteroatoms. The molecule has 0 spiro atoms. The maximum absolute atomic E-state index is 5.46. The van der Waals surface area contributed by atoms with Gasteiger partial charge in [0.2, 0.25) is 0 Å². The zero-order valence-corrected chi connectivity index (χ0v) is 20.5. The molecule has 1 fully saturated rings. The first-order valence-corrected chi connectivity index (χ1v) is 10.1. The number of guanidine groups is 1. The van der Waals surface area contributed by atoms with Crippen molar-refractivity contribution in [2.24, 2.45) is 10.9 Å². The van der Waals surface area contributed by atoms with Crippen LogP contribution in [0, 0.1) is 5.92 Å². The zero-order chi connectivity index (χ0) is 19.6. The van der Waals surface area contributed by atoms with Gasteiger partial charge in [0.25, 0.3) is 0 Å². The van der Waals surface area contributed by atoms with Gasteiger partial charge in [-0.15, -0.1) is 24.0 Å². The predicted octanol–water partition coefficient (Wildman–Crippen LogP) is 2.59. The number of aliphatic imine (C=N–C) groups is 1. The van der Waals surface area contributed by atoms with Crippen molar-refractivity contribution in [3.05, 3.63) is 29.8 Å². The quantitative estimate of drug-likeness (QED) is 0.336. The van der Waals surface area contributed by atoms with Crippen molar-refractivity contribution >= 4 is 29.9 Å². The third-order valence-electron chi connectivity index (χ3n) is 5.26. The number of halogens is 1. The van der Waals surface area contributed by atoms with Gasteiger partial charge in [-0.25, -0.2) is 0 Å². The third kappa shape index (κ3) is 7.75. The lowest BCUT2D eigenvalue weighted by Crippen LogP contribution is -2.48. The zero-order valence-electron chi connectivity index (χ0n) is 18.1. The highest BCUT2D eigenvalue weighted by molar-refractivity contribution is 14.0. The first-order valence-electron chi connectivity index (χ1n) is 10.1. The largest absolute Gasteiger partial charge is 0.496 e. The van der Waals surface area contributed by atoms with Gasteiger partial charge < -0.3 is 24.8 Å². The van der Waals surface area contributed by atoms with E-state index in [1.165, 1.54) is 32.7 Å². The normalized spacial score (nSPS) is 17.0. The third-order valence-corrected chi connectivity index (χ3v) is 5.26. The summed E-state index contributed by atoms with van der Waals surface area (Å²) in [6.45, 7) is 13.3. The summed E-state index contributed by atoms with van der Waals surface area (Å²) in [5.74, 6) is 2.41. The van der Waals surface area contributed by atoms with Crippen LogP contribution in [-0.4, -0.2) is 87.7 Å². The molecule has 0 aliphatic carbocycles. The van der Waals surface area contributed by atoms with Crippen LogP contribution in [0.25, 0.3) is 0 Å². The molecule has 1 N–H and O–H groups in total. The smallest absolute Gasteiger partial charge is 0.193 e. The molecule has 1 aliphatic rings. The average molecular weight is 503 g/mol. The van der Waals surface area contributed by atoms with E-state index in [2.05, 4.69) is 52.0 Å². The molecule has 1 unspecified atom stereocenters. The van der Waals surface area contributed by atoms with Gasteiger partial charge in [-0.05, 0) is 18.5 Å². The molecule has 1 saturated heterocycles. The van der Waals surface area contributed by atoms with Crippen LogP contribution in [0.1, 0.15) is 19.4 Å². The van der Waals surface area contributed by atoms with E-state index in [1.807, 2.05) is 25.2 Å². The molecule has 0 aromatic heterocycles. The lowest BCUT2D eigenvalue weighted by atomic mass is 10.1. The topological polar surface area (TPSA) is 43.3 Å².